The van der Waals surface area contributed by atoms with Gasteiger partial charge in [0.25, 0.3) is 0 Å². The first-order valence-corrected chi connectivity index (χ1v) is 6.56. The highest BCUT2D eigenvalue weighted by Crippen LogP contribution is 2.50. The molecule has 3 aliphatic rings. The van der Waals surface area contributed by atoms with Crippen molar-refractivity contribution >= 4 is 5.78 Å². The van der Waals surface area contributed by atoms with Crippen molar-refractivity contribution in [3.05, 3.63) is 11.3 Å². The lowest BCUT2D eigenvalue weighted by Crippen LogP contribution is -2.46. The van der Waals surface area contributed by atoms with Crippen molar-refractivity contribution in [3.63, 3.8) is 0 Å². The Morgan fingerprint density at radius 3 is 2.88 bits per heavy atom. The monoisotopic (exact) mass is 236 g/mol. The zero-order chi connectivity index (χ0) is 12.3. The van der Waals surface area contributed by atoms with Crippen LogP contribution in [0.4, 0.5) is 0 Å². The van der Waals surface area contributed by atoms with Gasteiger partial charge < -0.3 is 9.84 Å². The van der Waals surface area contributed by atoms with Crippen LogP contribution < -0.4 is 0 Å². The molecule has 2 aliphatic carbocycles. The summed E-state index contributed by atoms with van der Waals surface area (Å²) in [6, 6.07) is 0. The van der Waals surface area contributed by atoms with E-state index in [4.69, 9.17) is 4.74 Å². The molecule has 0 aromatic rings. The third-order valence-electron chi connectivity index (χ3n) is 4.29. The molecule has 1 saturated carbocycles. The molecule has 17 heavy (non-hydrogen) atoms. The fraction of sp³-hybridized carbons (Fsp3) is 0.786. The minimum Gasteiger partial charge on any atom is -0.466 e. The number of carbonyl (C=O) groups is 1. The first-order valence-electron chi connectivity index (χ1n) is 6.56. The zero-order valence-corrected chi connectivity index (χ0v) is 10.6. The van der Waals surface area contributed by atoms with E-state index >= 15 is 0 Å². The van der Waals surface area contributed by atoms with E-state index in [0.29, 0.717) is 19.3 Å². The zero-order valence-electron chi connectivity index (χ0n) is 10.6. The summed E-state index contributed by atoms with van der Waals surface area (Å²) in [5.74, 6) is 0.270. The topological polar surface area (TPSA) is 46.5 Å². The Kier molecular flexibility index (Phi) is 2.22. The van der Waals surface area contributed by atoms with Gasteiger partial charge in [-0.05, 0) is 24.2 Å². The van der Waals surface area contributed by atoms with Crippen LogP contribution in [-0.4, -0.2) is 16.7 Å². The third kappa shape index (κ3) is 1.81. The van der Waals surface area contributed by atoms with E-state index in [0.717, 1.165) is 30.6 Å². The van der Waals surface area contributed by atoms with E-state index in [2.05, 4.69) is 13.8 Å². The second-order valence-corrected chi connectivity index (χ2v) is 6.62. The van der Waals surface area contributed by atoms with Gasteiger partial charge in [-0.25, -0.2) is 0 Å². The number of carbonyl (C=O) groups excluding carboxylic acids is 1. The van der Waals surface area contributed by atoms with E-state index in [1.807, 2.05) is 0 Å². The summed E-state index contributed by atoms with van der Waals surface area (Å²) in [4.78, 5) is 12.2. The average Bonchev–Trinajstić information content (AvgIpc) is 2.12. The van der Waals surface area contributed by atoms with E-state index in [1.165, 1.54) is 0 Å². The minimum atomic E-state index is -0.991. The molecule has 0 aromatic heterocycles. The highest BCUT2D eigenvalue weighted by molar-refractivity contribution is 5.97. The maximum absolute atomic E-state index is 12.2. The van der Waals surface area contributed by atoms with Gasteiger partial charge in [-0.15, -0.1) is 0 Å². The smallest absolute Gasteiger partial charge is 0.208 e. The predicted octanol–water partition coefficient (Wildman–Crippen LogP) is 2.54. The van der Waals surface area contributed by atoms with Crippen molar-refractivity contribution in [2.24, 2.45) is 11.3 Å². The molecule has 3 nitrogen and oxygen atoms in total. The van der Waals surface area contributed by atoms with E-state index in [9.17, 15) is 9.90 Å². The molecule has 0 unspecified atom stereocenters. The molecule has 3 heteroatoms. The second kappa shape index (κ2) is 3.35. The lowest BCUT2D eigenvalue weighted by Gasteiger charge is -2.46. The minimum absolute atomic E-state index is 0.0298. The van der Waals surface area contributed by atoms with Crippen LogP contribution in [0.1, 0.15) is 52.4 Å². The van der Waals surface area contributed by atoms with Crippen LogP contribution in [0, 0.1) is 11.3 Å². The number of aliphatic hydroxyl groups is 1. The van der Waals surface area contributed by atoms with Crippen molar-refractivity contribution in [2.75, 3.05) is 0 Å². The van der Waals surface area contributed by atoms with Gasteiger partial charge in [0, 0.05) is 31.3 Å². The Morgan fingerprint density at radius 1 is 1.35 bits per heavy atom. The summed E-state index contributed by atoms with van der Waals surface area (Å²) in [6.45, 7) is 4.18. The number of ketones is 1. The Labute approximate surface area is 102 Å². The van der Waals surface area contributed by atoms with Gasteiger partial charge >= 0.3 is 0 Å². The summed E-state index contributed by atoms with van der Waals surface area (Å²) < 4.78 is 5.77. The molecule has 0 saturated heterocycles. The van der Waals surface area contributed by atoms with Crippen LogP contribution in [-0.2, 0) is 9.53 Å². The Morgan fingerprint density at radius 2 is 2.12 bits per heavy atom. The fourth-order valence-corrected chi connectivity index (χ4v) is 3.61. The molecular formula is C14H20O3. The maximum atomic E-state index is 12.2. The first kappa shape index (κ1) is 11.3. The maximum Gasteiger partial charge on any atom is 0.208 e. The summed E-state index contributed by atoms with van der Waals surface area (Å²) >= 11 is 0. The van der Waals surface area contributed by atoms with Crippen LogP contribution in [0.15, 0.2) is 11.3 Å². The lowest BCUT2D eigenvalue weighted by atomic mass is 9.68. The van der Waals surface area contributed by atoms with Gasteiger partial charge in [0.1, 0.15) is 5.76 Å². The number of ether oxygens (including phenoxy) is 1. The molecule has 2 atom stereocenters. The summed E-state index contributed by atoms with van der Waals surface area (Å²) in [7, 11) is 0. The fourth-order valence-electron chi connectivity index (χ4n) is 3.61. The van der Waals surface area contributed by atoms with Crippen LogP contribution in [0.25, 0.3) is 0 Å². The van der Waals surface area contributed by atoms with E-state index in [1.54, 1.807) is 0 Å². The number of allylic oxidation sites excluding steroid dienone is 2. The van der Waals surface area contributed by atoms with Gasteiger partial charge in [0.05, 0.1) is 0 Å². The van der Waals surface area contributed by atoms with Crippen molar-refractivity contribution in [1.29, 1.82) is 0 Å². The lowest BCUT2D eigenvalue weighted by molar-refractivity contribution is -0.218. The Balaban J connectivity index is 2.02. The number of Topliss-reactive ketones (excluding diaryl/α,β-unsaturated/α-hetero) is 1. The highest BCUT2D eigenvalue weighted by atomic mass is 16.6. The Bertz CT molecular complexity index is 408. The summed E-state index contributed by atoms with van der Waals surface area (Å²) in [6.07, 6.45) is 4.69. The summed E-state index contributed by atoms with van der Waals surface area (Å²) in [5, 5.41) is 10.3. The van der Waals surface area contributed by atoms with E-state index < -0.39 is 5.79 Å². The van der Waals surface area contributed by atoms with Gasteiger partial charge in [0.15, 0.2) is 5.78 Å². The molecule has 2 bridgehead atoms. The first-order chi connectivity index (χ1) is 7.89. The molecule has 1 N–H and O–H groups in total. The van der Waals surface area contributed by atoms with Crippen LogP contribution >= 0.6 is 0 Å². The molecule has 1 fully saturated rings. The molecule has 94 valence electrons. The average molecular weight is 236 g/mol. The van der Waals surface area contributed by atoms with Crippen molar-refractivity contribution < 1.29 is 14.6 Å². The van der Waals surface area contributed by atoms with E-state index in [-0.39, 0.29) is 17.1 Å². The molecule has 0 amide bonds. The standard InChI is InChI=1S/C14H20O3/c1-13(2)7-10(15)12-9-4-3-5-14(16,6-9)17-11(12)8-13/h9,16H,3-8H2,1-2H3/t9-,14+/m0/s1. The third-order valence-corrected chi connectivity index (χ3v) is 4.29. The van der Waals surface area contributed by atoms with Crippen molar-refractivity contribution in [3.8, 4) is 0 Å². The molecule has 0 radical (unpaired) electrons. The highest BCUT2D eigenvalue weighted by Gasteiger charge is 2.48. The van der Waals surface area contributed by atoms with Gasteiger partial charge in [0.2, 0.25) is 5.79 Å². The number of rotatable bonds is 0. The van der Waals surface area contributed by atoms with Crippen molar-refractivity contribution in [1.82, 2.24) is 0 Å². The van der Waals surface area contributed by atoms with Crippen molar-refractivity contribution in [2.45, 2.75) is 58.2 Å². The largest absolute Gasteiger partial charge is 0.466 e. The molecule has 1 heterocycles. The number of hydrogen-bond acceptors (Lipinski definition) is 3. The van der Waals surface area contributed by atoms with Crippen LogP contribution in [0.2, 0.25) is 0 Å². The van der Waals surface area contributed by atoms with Crippen LogP contribution in [0.5, 0.6) is 0 Å². The molecular weight excluding hydrogens is 216 g/mol. The normalized spacial score (nSPS) is 39.7. The SMILES string of the molecule is CC1(C)CC(=O)C2=C(C1)O[C@]1(O)CCC[C@H]2C1. The molecule has 1 aliphatic heterocycles. The molecule has 0 spiro atoms. The predicted molar refractivity (Wildman–Crippen MR) is 63.0 cm³/mol. The molecule has 0 aromatic carbocycles. The van der Waals surface area contributed by atoms with Gasteiger partial charge in [-0.3, -0.25) is 4.79 Å². The summed E-state index contributed by atoms with van der Waals surface area (Å²) in [5.41, 5.74) is 0.867. The van der Waals surface area contributed by atoms with Crippen LogP contribution in [0.3, 0.4) is 0 Å². The number of hydrogen-bond donors (Lipinski definition) is 1. The quantitative estimate of drug-likeness (QED) is 0.703. The number of fused-ring (bicyclic) bond motifs is 3. The molecule has 3 rings (SSSR count). The van der Waals surface area contributed by atoms with Gasteiger partial charge in [-0.2, -0.15) is 0 Å². The second-order valence-electron chi connectivity index (χ2n) is 6.62. The Hall–Kier alpha value is -0.830. The van der Waals surface area contributed by atoms with Gasteiger partial charge in [-0.1, -0.05) is 13.8 Å².